The van der Waals surface area contributed by atoms with E-state index in [4.69, 9.17) is 9.73 Å². The first kappa shape index (κ1) is 18.3. The van der Waals surface area contributed by atoms with Gasteiger partial charge in [-0.1, -0.05) is 24.8 Å². The number of amidine groups is 1. The molecule has 2 aromatic heterocycles. The van der Waals surface area contributed by atoms with Gasteiger partial charge in [0.25, 0.3) is 0 Å². The minimum atomic E-state index is 0.00236. The Hall–Kier alpha value is -2.73. The van der Waals surface area contributed by atoms with Gasteiger partial charge in [-0.15, -0.1) is 0 Å². The summed E-state index contributed by atoms with van der Waals surface area (Å²) in [6, 6.07) is 18.8. The number of ether oxygens (including phenoxy) is 1. The van der Waals surface area contributed by atoms with Crippen LogP contribution >= 0.6 is 11.8 Å². The molecule has 3 atom stereocenters. The number of fused-ring (bicyclic) bond motifs is 1. The number of rotatable bonds is 5. The van der Waals surface area contributed by atoms with Crippen LogP contribution in [0.4, 0.5) is 0 Å². The number of aliphatic imine (C=N–C) groups is 1. The maximum atomic E-state index is 5.60. The van der Waals surface area contributed by atoms with Gasteiger partial charge < -0.3 is 14.2 Å². The molecule has 4 heterocycles. The fourth-order valence-corrected chi connectivity index (χ4v) is 5.27. The molecule has 5 rings (SSSR count). The SMILES string of the molecule is CCOc1ccc(-n2cccc2[C@@H]2[C@H](c3ccccn3)N=C3S[C@@H](C)CN32)cc1. The lowest BCUT2D eigenvalue weighted by atomic mass is 10.0. The van der Waals surface area contributed by atoms with Crippen molar-refractivity contribution in [2.75, 3.05) is 13.2 Å². The largest absolute Gasteiger partial charge is 0.494 e. The molecule has 3 aromatic rings. The highest BCUT2D eigenvalue weighted by atomic mass is 32.2. The van der Waals surface area contributed by atoms with Crippen molar-refractivity contribution in [2.45, 2.75) is 31.2 Å². The van der Waals surface area contributed by atoms with Gasteiger partial charge in [-0.3, -0.25) is 9.98 Å². The molecule has 0 N–H and O–H groups in total. The van der Waals surface area contributed by atoms with Crippen LogP contribution in [0.5, 0.6) is 5.75 Å². The minimum Gasteiger partial charge on any atom is -0.494 e. The third kappa shape index (κ3) is 3.31. The molecule has 0 bridgehead atoms. The molecule has 0 saturated carbocycles. The summed E-state index contributed by atoms with van der Waals surface area (Å²) < 4.78 is 7.87. The van der Waals surface area contributed by atoms with Gasteiger partial charge >= 0.3 is 0 Å². The van der Waals surface area contributed by atoms with Crippen molar-refractivity contribution in [3.63, 3.8) is 0 Å². The van der Waals surface area contributed by atoms with E-state index < -0.39 is 0 Å². The number of pyridine rings is 1. The van der Waals surface area contributed by atoms with E-state index in [-0.39, 0.29) is 12.1 Å². The van der Waals surface area contributed by atoms with Gasteiger partial charge in [0.05, 0.1) is 18.3 Å². The average molecular weight is 405 g/mol. The summed E-state index contributed by atoms with van der Waals surface area (Å²) in [4.78, 5) is 12.2. The van der Waals surface area contributed by atoms with Crippen LogP contribution in [0.1, 0.15) is 37.3 Å². The third-order valence-corrected chi connectivity index (χ3v) is 6.49. The first-order valence-corrected chi connectivity index (χ1v) is 10.9. The van der Waals surface area contributed by atoms with Crippen molar-refractivity contribution in [3.8, 4) is 11.4 Å². The van der Waals surface area contributed by atoms with Crippen LogP contribution in [-0.4, -0.2) is 38.0 Å². The summed E-state index contributed by atoms with van der Waals surface area (Å²) in [5.41, 5.74) is 3.38. The Labute approximate surface area is 175 Å². The summed E-state index contributed by atoms with van der Waals surface area (Å²) in [5, 5.41) is 1.69. The molecule has 0 unspecified atom stereocenters. The van der Waals surface area contributed by atoms with E-state index in [1.54, 1.807) is 0 Å². The molecule has 2 aliphatic rings. The first-order chi connectivity index (χ1) is 14.2. The molecule has 6 heteroatoms. The topological polar surface area (TPSA) is 42.6 Å². The second-order valence-corrected chi connectivity index (χ2v) is 8.77. The number of aromatic nitrogens is 2. The summed E-state index contributed by atoms with van der Waals surface area (Å²) in [6.45, 7) is 5.95. The van der Waals surface area contributed by atoms with Crippen LogP contribution in [0.15, 0.2) is 72.0 Å². The Morgan fingerprint density at radius 2 is 1.97 bits per heavy atom. The van der Waals surface area contributed by atoms with Gasteiger partial charge in [-0.05, 0) is 55.5 Å². The minimum absolute atomic E-state index is 0.00236. The molecule has 29 heavy (non-hydrogen) atoms. The van der Waals surface area contributed by atoms with Gasteiger partial charge in [0.2, 0.25) is 0 Å². The lowest BCUT2D eigenvalue weighted by Gasteiger charge is -2.28. The van der Waals surface area contributed by atoms with Gasteiger partial charge in [0.15, 0.2) is 5.17 Å². The summed E-state index contributed by atoms with van der Waals surface area (Å²) in [7, 11) is 0. The normalized spacial score (nSPS) is 23.2. The van der Waals surface area contributed by atoms with Crippen LogP contribution < -0.4 is 4.74 Å². The second kappa shape index (κ2) is 7.59. The Kier molecular flexibility index (Phi) is 4.79. The zero-order chi connectivity index (χ0) is 19.8. The molecular formula is C23H24N4OS. The van der Waals surface area contributed by atoms with Crippen molar-refractivity contribution in [1.82, 2.24) is 14.5 Å². The maximum absolute atomic E-state index is 5.60. The smallest absolute Gasteiger partial charge is 0.160 e. The molecule has 1 saturated heterocycles. The zero-order valence-electron chi connectivity index (χ0n) is 16.6. The fraction of sp³-hybridized carbons (Fsp3) is 0.304. The first-order valence-electron chi connectivity index (χ1n) is 10.1. The predicted octanol–water partition coefficient (Wildman–Crippen LogP) is 4.86. The molecule has 148 valence electrons. The van der Waals surface area contributed by atoms with E-state index in [1.165, 1.54) is 5.69 Å². The van der Waals surface area contributed by atoms with E-state index in [2.05, 4.69) is 57.9 Å². The number of benzene rings is 1. The molecule has 0 aliphatic carbocycles. The van der Waals surface area contributed by atoms with Crippen molar-refractivity contribution in [1.29, 1.82) is 0 Å². The van der Waals surface area contributed by atoms with Crippen molar-refractivity contribution >= 4 is 16.9 Å². The highest BCUT2D eigenvalue weighted by Gasteiger charge is 2.44. The van der Waals surface area contributed by atoms with E-state index >= 15 is 0 Å². The number of hydrogen-bond acceptors (Lipinski definition) is 5. The van der Waals surface area contributed by atoms with E-state index in [0.717, 1.165) is 28.8 Å². The van der Waals surface area contributed by atoms with Crippen LogP contribution in [0.3, 0.4) is 0 Å². The summed E-state index contributed by atoms with van der Waals surface area (Å²) in [5.74, 6) is 0.896. The fourth-order valence-electron chi connectivity index (χ4n) is 4.18. The van der Waals surface area contributed by atoms with E-state index in [1.807, 2.05) is 49.1 Å². The van der Waals surface area contributed by atoms with Crippen molar-refractivity contribution in [2.24, 2.45) is 4.99 Å². The maximum Gasteiger partial charge on any atom is 0.160 e. The second-order valence-electron chi connectivity index (χ2n) is 7.37. The van der Waals surface area contributed by atoms with Gasteiger partial charge in [-0.2, -0.15) is 0 Å². The lowest BCUT2D eigenvalue weighted by Crippen LogP contribution is -2.30. The van der Waals surface area contributed by atoms with Gasteiger partial charge in [0.1, 0.15) is 11.8 Å². The summed E-state index contributed by atoms with van der Waals surface area (Å²) >= 11 is 1.87. The molecule has 2 aliphatic heterocycles. The van der Waals surface area contributed by atoms with Crippen LogP contribution in [0, 0.1) is 0 Å². The standard InChI is InChI=1S/C23H24N4OS/c1-3-28-18-11-9-17(10-12-18)26-14-6-8-20(26)22-21(19-7-4-5-13-24-19)25-23-27(22)15-16(2)29-23/h4-14,16,21-22H,3,15H2,1-2H3/t16-,21-,22+/m0/s1. The molecule has 0 spiro atoms. The third-order valence-electron chi connectivity index (χ3n) is 5.39. The Morgan fingerprint density at radius 3 is 2.72 bits per heavy atom. The quantitative estimate of drug-likeness (QED) is 0.609. The summed E-state index contributed by atoms with van der Waals surface area (Å²) in [6.07, 6.45) is 3.99. The highest BCUT2D eigenvalue weighted by Crippen LogP contribution is 2.47. The average Bonchev–Trinajstić information content (AvgIpc) is 3.43. The Morgan fingerprint density at radius 1 is 1.10 bits per heavy atom. The number of nitrogens with zero attached hydrogens (tertiary/aromatic N) is 4. The van der Waals surface area contributed by atoms with Crippen LogP contribution in [-0.2, 0) is 0 Å². The molecule has 0 amide bonds. The van der Waals surface area contributed by atoms with Crippen molar-refractivity contribution in [3.05, 3.63) is 78.4 Å². The predicted molar refractivity (Wildman–Crippen MR) is 118 cm³/mol. The number of hydrogen-bond donors (Lipinski definition) is 0. The van der Waals surface area contributed by atoms with Gasteiger partial charge in [0, 0.05) is 35.6 Å². The molecule has 1 fully saturated rings. The molecule has 5 nitrogen and oxygen atoms in total. The molecule has 1 aromatic carbocycles. The molecule has 0 radical (unpaired) electrons. The monoisotopic (exact) mass is 404 g/mol. The van der Waals surface area contributed by atoms with Gasteiger partial charge in [-0.25, -0.2) is 0 Å². The highest BCUT2D eigenvalue weighted by molar-refractivity contribution is 8.14. The van der Waals surface area contributed by atoms with E-state index in [0.29, 0.717) is 11.9 Å². The van der Waals surface area contributed by atoms with Crippen molar-refractivity contribution < 1.29 is 4.74 Å². The lowest BCUT2D eigenvalue weighted by molar-refractivity contribution is 0.312. The Bertz CT molecular complexity index is 1010. The number of thioether (sulfide) groups is 1. The Balaban J connectivity index is 1.55. The molecular weight excluding hydrogens is 380 g/mol. The van der Waals surface area contributed by atoms with Crippen LogP contribution in [0.25, 0.3) is 5.69 Å². The van der Waals surface area contributed by atoms with E-state index in [9.17, 15) is 0 Å². The van der Waals surface area contributed by atoms with Crippen LogP contribution in [0.2, 0.25) is 0 Å². The zero-order valence-corrected chi connectivity index (χ0v) is 17.4.